The summed E-state index contributed by atoms with van der Waals surface area (Å²) >= 11 is 1.15. The Morgan fingerprint density at radius 2 is 2.19 bits per heavy atom. The first-order chi connectivity index (χ1) is 12.4. The van der Waals surface area contributed by atoms with Crippen molar-refractivity contribution < 1.29 is 14.3 Å². The summed E-state index contributed by atoms with van der Waals surface area (Å²) in [6, 6.07) is 0. The molecule has 3 rings (SSSR count). The lowest BCUT2D eigenvalue weighted by Gasteiger charge is -2.31. The third kappa shape index (κ3) is 3.51. The van der Waals surface area contributed by atoms with Gasteiger partial charge in [-0.05, 0) is 38.2 Å². The molecule has 1 amide bonds. The molecule has 7 nitrogen and oxygen atoms in total. The Morgan fingerprint density at radius 3 is 2.88 bits per heavy atom. The van der Waals surface area contributed by atoms with Crippen LogP contribution in [0, 0.1) is 12.8 Å². The van der Waals surface area contributed by atoms with E-state index < -0.39 is 5.97 Å². The molecule has 1 saturated heterocycles. The van der Waals surface area contributed by atoms with Crippen molar-refractivity contribution >= 4 is 33.4 Å². The van der Waals surface area contributed by atoms with Crippen molar-refractivity contribution in [3.05, 3.63) is 27.1 Å². The summed E-state index contributed by atoms with van der Waals surface area (Å²) < 4.78 is 6.37. The number of carbonyl (C=O) groups excluding carboxylic acids is 2. The molecule has 1 fully saturated rings. The van der Waals surface area contributed by atoms with Crippen LogP contribution < -0.4 is 5.56 Å². The fraction of sp³-hybridized carbons (Fsp3) is 0.556. The molecule has 140 valence electrons. The van der Waals surface area contributed by atoms with Gasteiger partial charge in [0.25, 0.3) is 5.56 Å². The topological polar surface area (TPSA) is 81.5 Å². The van der Waals surface area contributed by atoms with E-state index in [0.717, 1.165) is 37.3 Å². The average molecular weight is 377 g/mol. The highest BCUT2D eigenvalue weighted by Crippen LogP contribution is 2.27. The van der Waals surface area contributed by atoms with Crippen LogP contribution in [0.3, 0.4) is 0 Å². The first kappa shape index (κ1) is 18.6. The standard InChI is InChI=1S/C18H23N3O4S/c1-4-25-18(24)15-12(3)14-16(26-15)19-10-21(17(14)23)9-13(22)20-7-5-6-11(2)8-20/h10-11H,4-9H2,1-3H3/t11-/m1/s1. The summed E-state index contributed by atoms with van der Waals surface area (Å²) in [5.41, 5.74) is 0.270. The minimum Gasteiger partial charge on any atom is -0.462 e. The fourth-order valence-corrected chi connectivity index (χ4v) is 4.36. The molecule has 3 heterocycles. The number of rotatable bonds is 4. The molecule has 0 N–H and O–H groups in total. The summed E-state index contributed by atoms with van der Waals surface area (Å²) in [5.74, 6) is -0.0353. The van der Waals surface area contributed by atoms with Crippen molar-refractivity contribution in [1.82, 2.24) is 14.5 Å². The van der Waals surface area contributed by atoms with Gasteiger partial charge in [0.15, 0.2) is 0 Å². The predicted molar refractivity (Wildman–Crippen MR) is 99.6 cm³/mol. The molecule has 2 aromatic rings. The molecular formula is C18H23N3O4S. The minimum atomic E-state index is -0.447. The third-order valence-corrected chi connectivity index (χ3v) is 5.87. The van der Waals surface area contributed by atoms with Gasteiger partial charge in [0.2, 0.25) is 5.91 Å². The van der Waals surface area contributed by atoms with Gasteiger partial charge in [0.1, 0.15) is 16.3 Å². The molecule has 2 aromatic heterocycles. The quantitative estimate of drug-likeness (QED) is 0.763. The number of esters is 1. The molecule has 0 aromatic carbocycles. The zero-order chi connectivity index (χ0) is 18.8. The number of ether oxygens (including phenoxy) is 1. The van der Waals surface area contributed by atoms with Crippen LogP contribution in [-0.2, 0) is 16.1 Å². The van der Waals surface area contributed by atoms with Gasteiger partial charge in [-0.3, -0.25) is 14.2 Å². The van der Waals surface area contributed by atoms with Crippen molar-refractivity contribution in [2.45, 2.75) is 40.2 Å². The number of aryl methyl sites for hydroxylation is 1. The number of nitrogens with zero attached hydrogens (tertiary/aromatic N) is 3. The van der Waals surface area contributed by atoms with E-state index >= 15 is 0 Å². The van der Waals surface area contributed by atoms with E-state index in [4.69, 9.17) is 4.74 Å². The van der Waals surface area contributed by atoms with Gasteiger partial charge in [0.05, 0.1) is 18.3 Å². The number of likely N-dealkylation sites (tertiary alicyclic amines) is 1. The van der Waals surface area contributed by atoms with E-state index in [1.807, 2.05) is 4.90 Å². The van der Waals surface area contributed by atoms with E-state index in [1.165, 1.54) is 10.9 Å². The van der Waals surface area contributed by atoms with Crippen LogP contribution >= 0.6 is 11.3 Å². The Hall–Kier alpha value is -2.22. The van der Waals surface area contributed by atoms with Crippen molar-refractivity contribution in [3.8, 4) is 0 Å². The van der Waals surface area contributed by atoms with Crippen LogP contribution in [0.15, 0.2) is 11.1 Å². The number of fused-ring (bicyclic) bond motifs is 1. The van der Waals surface area contributed by atoms with Crippen LogP contribution in [0.4, 0.5) is 0 Å². The molecule has 0 spiro atoms. The lowest BCUT2D eigenvalue weighted by molar-refractivity contribution is -0.133. The Balaban J connectivity index is 1.89. The van der Waals surface area contributed by atoms with Gasteiger partial charge in [-0.15, -0.1) is 11.3 Å². The largest absolute Gasteiger partial charge is 0.462 e. The van der Waals surface area contributed by atoms with Gasteiger partial charge >= 0.3 is 5.97 Å². The highest BCUT2D eigenvalue weighted by molar-refractivity contribution is 7.20. The number of aromatic nitrogens is 2. The number of piperidine rings is 1. The summed E-state index contributed by atoms with van der Waals surface area (Å²) in [5, 5.41) is 0.389. The number of amides is 1. The van der Waals surface area contributed by atoms with E-state index in [2.05, 4.69) is 11.9 Å². The molecule has 0 unspecified atom stereocenters. The lowest BCUT2D eigenvalue weighted by atomic mass is 10.0. The minimum absolute atomic E-state index is 0.0292. The molecule has 8 heteroatoms. The molecule has 1 atom stereocenters. The second kappa shape index (κ2) is 7.57. The van der Waals surface area contributed by atoms with Crippen LogP contribution in [-0.4, -0.2) is 46.0 Å². The Bertz CT molecular complexity index is 902. The van der Waals surface area contributed by atoms with Crippen LogP contribution in [0.25, 0.3) is 10.2 Å². The van der Waals surface area contributed by atoms with Gasteiger partial charge < -0.3 is 9.64 Å². The third-order valence-electron chi connectivity index (χ3n) is 4.69. The lowest BCUT2D eigenvalue weighted by Crippen LogP contribution is -2.42. The fourth-order valence-electron chi connectivity index (χ4n) is 3.32. The summed E-state index contributed by atoms with van der Waals surface area (Å²) in [6.45, 7) is 7.29. The molecular weight excluding hydrogens is 354 g/mol. The normalized spacial score (nSPS) is 17.5. The molecule has 0 radical (unpaired) electrons. The number of hydrogen-bond donors (Lipinski definition) is 0. The molecule has 26 heavy (non-hydrogen) atoms. The summed E-state index contributed by atoms with van der Waals surface area (Å²) in [4.78, 5) is 44.4. The van der Waals surface area contributed by atoms with Gasteiger partial charge in [-0.1, -0.05) is 6.92 Å². The Kier molecular flexibility index (Phi) is 5.41. The van der Waals surface area contributed by atoms with Crippen molar-refractivity contribution in [2.75, 3.05) is 19.7 Å². The second-order valence-corrected chi connectivity index (χ2v) is 7.72. The Morgan fingerprint density at radius 1 is 1.42 bits per heavy atom. The van der Waals surface area contributed by atoms with Gasteiger partial charge in [-0.25, -0.2) is 9.78 Å². The van der Waals surface area contributed by atoms with E-state index in [9.17, 15) is 14.4 Å². The maximum Gasteiger partial charge on any atom is 0.348 e. The summed E-state index contributed by atoms with van der Waals surface area (Å²) in [6.07, 6.45) is 3.51. The van der Waals surface area contributed by atoms with Crippen LogP contribution in [0.5, 0.6) is 0 Å². The number of thiophene rings is 1. The maximum absolute atomic E-state index is 12.8. The van der Waals surface area contributed by atoms with Crippen molar-refractivity contribution in [1.29, 1.82) is 0 Å². The van der Waals surface area contributed by atoms with E-state index in [0.29, 0.717) is 26.6 Å². The average Bonchev–Trinajstić information content (AvgIpc) is 2.95. The van der Waals surface area contributed by atoms with Crippen molar-refractivity contribution in [3.63, 3.8) is 0 Å². The molecule has 1 aliphatic rings. The molecule has 0 bridgehead atoms. The smallest absolute Gasteiger partial charge is 0.348 e. The molecule has 0 saturated carbocycles. The van der Waals surface area contributed by atoms with Crippen LogP contribution in [0.2, 0.25) is 0 Å². The SMILES string of the molecule is CCOC(=O)c1sc2ncn(CC(=O)N3CCC[C@@H](C)C3)c(=O)c2c1C. The number of carbonyl (C=O) groups is 2. The van der Waals surface area contributed by atoms with E-state index in [-0.39, 0.29) is 24.6 Å². The summed E-state index contributed by atoms with van der Waals surface area (Å²) in [7, 11) is 0. The Labute approximate surface area is 155 Å². The predicted octanol–water partition coefficient (Wildman–Crippen LogP) is 2.20. The zero-order valence-electron chi connectivity index (χ0n) is 15.3. The first-order valence-corrected chi connectivity index (χ1v) is 9.67. The molecule has 0 aliphatic carbocycles. The maximum atomic E-state index is 12.8. The second-order valence-electron chi connectivity index (χ2n) is 6.72. The highest BCUT2D eigenvalue weighted by atomic mass is 32.1. The highest BCUT2D eigenvalue weighted by Gasteiger charge is 2.23. The van der Waals surface area contributed by atoms with Gasteiger partial charge in [0, 0.05) is 13.1 Å². The first-order valence-electron chi connectivity index (χ1n) is 8.85. The van der Waals surface area contributed by atoms with Gasteiger partial charge in [-0.2, -0.15) is 0 Å². The number of hydrogen-bond acceptors (Lipinski definition) is 6. The molecule has 1 aliphatic heterocycles. The monoisotopic (exact) mass is 377 g/mol. The van der Waals surface area contributed by atoms with Crippen LogP contribution in [0.1, 0.15) is 41.9 Å². The van der Waals surface area contributed by atoms with Crippen molar-refractivity contribution in [2.24, 2.45) is 5.92 Å². The van der Waals surface area contributed by atoms with E-state index in [1.54, 1.807) is 13.8 Å². The zero-order valence-corrected chi connectivity index (χ0v) is 16.1.